The van der Waals surface area contributed by atoms with Gasteiger partial charge in [-0.2, -0.15) is 13.2 Å². The summed E-state index contributed by atoms with van der Waals surface area (Å²) in [6.45, 7) is -1.33. The monoisotopic (exact) mass is 396 g/mol. The van der Waals surface area contributed by atoms with Gasteiger partial charge in [-0.1, -0.05) is 17.4 Å². The zero-order valence-corrected chi connectivity index (χ0v) is 14.3. The van der Waals surface area contributed by atoms with Crippen molar-refractivity contribution in [3.05, 3.63) is 42.0 Å². The minimum absolute atomic E-state index is 0.0431. The number of amides is 1. The van der Waals surface area contributed by atoms with Gasteiger partial charge in [0, 0.05) is 0 Å². The van der Waals surface area contributed by atoms with Gasteiger partial charge in [0.25, 0.3) is 5.91 Å². The minimum Gasteiger partial charge on any atom is -0.484 e. The van der Waals surface area contributed by atoms with Gasteiger partial charge in [0.05, 0.1) is 15.8 Å². The molecular formula is C17H11F3N2O4S. The molecule has 1 aromatic heterocycles. The molecule has 0 radical (unpaired) electrons. The van der Waals surface area contributed by atoms with E-state index in [0.717, 1.165) is 11.3 Å². The fourth-order valence-electron chi connectivity index (χ4n) is 2.49. The lowest BCUT2D eigenvalue weighted by molar-refractivity contribution is -0.153. The van der Waals surface area contributed by atoms with Crippen molar-refractivity contribution in [3.8, 4) is 17.2 Å². The quantitative estimate of drug-likeness (QED) is 0.715. The zero-order valence-electron chi connectivity index (χ0n) is 13.5. The summed E-state index contributed by atoms with van der Waals surface area (Å²) in [7, 11) is 0. The molecule has 140 valence electrons. The summed E-state index contributed by atoms with van der Waals surface area (Å²) in [5.41, 5.74) is 0.839. The summed E-state index contributed by atoms with van der Waals surface area (Å²) in [4.78, 5) is 16.8. The fourth-order valence-corrected chi connectivity index (χ4v) is 3.38. The molecule has 3 aromatic rings. The highest BCUT2D eigenvalue weighted by Gasteiger charge is 2.28. The Hall–Kier alpha value is -3.01. The number of hydrogen-bond acceptors (Lipinski definition) is 6. The van der Waals surface area contributed by atoms with Crippen LogP contribution in [0.2, 0.25) is 0 Å². The normalized spacial score (nSPS) is 13.0. The van der Waals surface area contributed by atoms with E-state index in [1.807, 2.05) is 0 Å². The van der Waals surface area contributed by atoms with Crippen molar-refractivity contribution in [2.75, 3.05) is 18.7 Å². The van der Waals surface area contributed by atoms with Crippen molar-refractivity contribution in [2.24, 2.45) is 0 Å². The Morgan fingerprint density at radius 3 is 2.93 bits per heavy atom. The van der Waals surface area contributed by atoms with Crippen LogP contribution in [-0.2, 0) is 0 Å². The van der Waals surface area contributed by atoms with E-state index in [2.05, 4.69) is 10.3 Å². The number of aromatic nitrogens is 1. The van der Waals surface area contributed by atoms with E-state index >= 15 is 0 Å². The first kappa shape index (κ1) is 17.4. The third-order valence-electron chi connectivity index (χ3n) is 3.62. The molecule has 0 aliphatic carbocycles. The van der Waals surface area contributed by atoms with Crippen molar-refractivity contribution < 1.29 is 32.2 Å². The molecule has 2 aromatic carbocycles. The lowest BCUT2D eigenvalue weighted by atomic mass is 10.2. The third-order valence-corrected chi connectivity index (χ3v) is 4.56. The maximum atomic E-state index is 12.5. The third kappa shape index (κ3) is 3.75. The van der Waals surface area contributed by atoms with Crippen molar-refractivity contribution in [1.82, 2.24) is 4.98 Å². The second kappa shape index (κ2) is 6.62. The highest BCUT2D eigenvalue weighted by molar-refractivity contribution is 7.22. The van der Waals surface area contributed by atoms with Crippen LogP contribution in [0.15, 0.2) is 36.4 Å². The number of anilines is 1. The molecule has 0 saturated heterocycles. The molecule has 2 heterocycles. The van der Waals surface area contributed by atoms with Gasteiger partial charge in [0.15, 0.2) is 23.2 Å². The summed E-state index contributed by atoms with van der Waals surface area (Å²) in [5, 5.41) is 2.97. The van der Waals surface area contributed by atoms with Gasteiger partial charge in [0.2, 0.25) is 6.79 Å². The van der Waals surface area contributed by atoms with Gasteiger partial charge >= 0.3 is 6.18 Å². The van der Waals surface area contributed by atoms with E-state index in [9.17, 15) is 18.0 Å². The van der Waals surface area contributed by atoms with E-state index in [4.69, 9.17) is 14.2 Å². The predicted molar refractivity (Wildman–Crippen MR) is 91.7 cm³/mol. The van der Waals surface area contributed by atoms with Gasteiger partial charge in [-0.05, 0) is 30.3 Å². The van der Waals surface area contributed by atoms with Gasteiger partial charge in [-0.3, -0.25) is 10.1 Å². The molecule has 0 unspecified atom stereocenters. The summed E-state index contributed by atoms with van der Waals surface area (Å²) in [5.74, 6) is 0.495. The maximum Gasteiger partial charge on any atom is 0.422 e. The maximum absolute atomic E-state index is 12.5. The average molecular weight is 396 g/mol. The van der Waals surface area contributed by atoms with Crippen LogP contribution in [0.4, 0.5) is 18.3 Å². The van der Waals surface area contributed by atoms with Crippen LogP contribution in [-0.4, -0.2) is 30.5 Å². The molecular weight excluding hydrogens is 385 g/mol. The van der Waals surface area contributed by atoms with Crippen molar-refractivity contribution in [1.29, 1.82) is 0 Å². The molecule has 10 heteroatoms. The number of nitrogens with one attached hydrogen (secondary N) is 1. The molecule has 27 heavy (non-hydrogen) atoms. The number of fused-ring (bicyclic) bond motifs is 2. The first-order valence-corrected chi connectivity index (χ1v) is 8.51. The number of benzene rings is 2. The fraction of sp³-hybridized carbons (Fsp3) is 0.176. The lowest BCUT2D eigenvalue weighted by Gasteiger charge is -2.08. The lowest BCUT2D eigenvalue weighted by Crippen LogP contribution is -2.19. The Morgan fingerprint density at radius 2 is 2.11 bits per heavy atom. The number of carbonyl (C=O) groups is 1. The highest BCUT2D eigenvalue weighted by atomic mass is 32.1. The van der Waals surface area contributed by atoms with Crippen molar-refractivity contribution in [2.45, 2.75) is 6.18 Å². The Balaban J connectivity index is 1.53. The van der Waals surface area contributed by atoms with Gasteiger partial charge < -0.3 is 14.2 Å². The van der Waals surface area contributed by atoms with E-state index in [1.54, 1.807) is 18.2 Å². The first-order valence-electron chi connectivity index (χ1n) is 7.69. The number of thiazole rings is 1. The second-order valence-corrected chi connectivity index (χ2v) is 6.58. The Bertz CT molecular complexity index is 1020. The molecule has 1 aliphatic rings. The Labute approximate surface area is 154 Å². The minimum atomic E-state index is -4.41. The largest absolute Gasteiger partial charge is 0.484 e. The highest BCUT2D eigenvalue weighted by Crippen LogP contribution is 2.36. The molecule has 0 spiro atoms. The molecule has 0 saturated carbocycles. The number of carbonyl (C=O) groups excluding carboxylic acids is 1. The molecule has 1 amide bonds. The van der Waals surface area contributed by atoms with E-state index in [-0.39, 0.29) is 12.5 Å². The molecule has 0 bridgehead atoms. The molecule has 4 rings (SSSR count). The van der Waals surface area contributed by atoms with Gasteiger partial charge in [-0.15, -0.1) is 0 Å². The molecule has 6 nitrogen and oxygen atoms in total. The standard InChI is InChI=1S/C17H11F3N2O4S/c18-17(19,20)7-24-9-4-5-11-13(6-9)27-16(21-11)22-15(23)10-2-1-3-12-14(10)26-8-25-12/h1-6H,7-8H2,(H,21,22,23). The molecule has 0 atom stereocenters. The number of alkyl halides is 3. The zero-order chi connectivity index (χ0) is 19.0. The van der Waals surface area contributed by atoms with Crippen LogP contribution < -0.4 is 19.5 Å². The van der Waals surface area contributed by atoms with Gasteiger partial charge in [-0.25, -0.2) is 4.98 Å². The topological polar surface area (TPSA) is 69.7 Å². The van der Waals surface area contributed by atoms with Crippen LogP contribution >= 0.6 is 11.3 Å². The smallest absolute Gasteiger partial charge is 0.422 e. The van der Waals surface area contributed by atoms with Crippen LogP contribution in [0.3, 0.4) is 0 Å². The number of rotatable bonds is 4. The van der Waals surface area contributed by atoms with Crippen LogP contribution in [0.5, 0.6) is 17.2 Å². The predicted octanol–water partition coefficient (Wildman–Crippen LogP) is 4.22. The Kier molecular flexibility index (Phi) is 4.27. The van der Waals surface area contributed by atoms with E-state index in [0.29, 0.717) is 32.4 Å². The molecule has 1 aliphatic heterocycles. The SMILES string of the molecule is O=C(Nc1nc2ccc(OCC(F)(F)F)cc2s1)c1cccc2c1OCO2. The first-order chi connectivity index (χ1) is 12.9. The Morgan fingerprint density at radius 1 is 1.26 bits per heavy atom. The van der Waals surface area contributed by atoms with E-state index in [1.165, 1.54) is 18.2 Å². The van der Waals surface area contributed by atoms with Crippen molar-refractivity contribution >= 4 is 32.6 Å². The number of hydrogen-bond donors (Lipinski definition) is 1. The summed E-state index contributed by atoms with van der Waals surface area (Å²) in [6.07, 6.45) is -4.41. The number of halogens is 3. The molecule has 0 fully saturated rings. The summed E-state index contributed by atoms with van der Waals surface area (Å²) < 4.78 is 52.6. The molecule has 1 N–H and O–H groups in total. The van der Waals surface area contributed by atoms with E-state index < -0.39 is 18.7 Å². The number of nitrogens with zero attached hydrogens (tertiary/aromatic N) is 1. The van der Waals surface area contributed by atoms with Crippen LogP contribution in [0.25, 0.3) is 10.2 Å². The number of ether oxygens (including phenoxy) is 3. The van der Waals surface area contributed by atoms with Crippen LogP contribution in [0, 0.1) is 0 Å². The van der Waals surface area contributed by atoms with Crippen molar-refractivity contribution in [3.63, 3.8) is 0 Å². The average Bonchev–Trinajstić information content (AvgIpc) is 3.24. The van der Waals surface area contributed by atoms with Crippen LogP contribution in [0.1, 0.15) is 10.4 Å². The summed E-state index contributed by atoms with van der Waals surface area (Å²) >= 11 is 1.12. The summed E-state index contributed by atoms with van der Waals surface area (Å²) in [6, 6.07) is 9.34. The number of para-hydroxylation sites is 1. The van der Waals surface area contributed by atoms with Gasteiger partial charge in [0.1, 0.15) is 5.75 Å². The second-order valence-electron chi connectivity index (χ2n) is 5.55.